The Morgan fingerprint density at radius 3 is 2.41 bits per heavy atom. The lowest BCUT2D eigenvalue weighted by Crippen LogP contribution is -2.40. The molecule has 2 fully saturated rings. The summed E-state index contributed by atoms with van der Waals surface area (Å²) in [6, 6.07) is 0.646. The van der Waals surface area contributed by atoms with Gasteiger partial charge in [0, 0.05) is 24.4 Å². The zero-order valence-corrected chi connectivity index (χ0v) is 11.2. The van der Waals surface area contributed by atoms with E-state index < -0.39 is 0 Å². The number of carbonyl (C=O) groups is 1. The first-order chi connectivity index (χ1) is 8.20. The normalized spacial score (nSPS) is 35.8. The Morgan fingerprint density at radius 1 is 1.12 bits per heavy atom. The summed E-state index contributed by atoms with van der Waals surface area (Å²) in [6.45, 7) is 2.15. The number of nitrogens with zero attached hydrogens (tertiary/aromatic N) is 1. The minimum absolute atomic E-state index is 0.324. The number of Topliss-reactive ketones (excluding diaryl/α,β-unsaturated/α-hetero) is 1. The number of nitrogens with one attached hydrogen (secondary N) is 1. The second-order valence-corrected chi connectivity index (χ2v) is 5.84. The largest absolute Gasteiger partial charge is 0.317 e. The molecule has 0 bridgehead atoms. The standard InChI is InChI=1S/C14H26N2O/c1-15-13-7-5-11(6-8-13)14(17)12-4-3-9-16(2)10-12/h11-13,15H,3-10H2,1-2H3. The van der Waals surface area contributed by atoms with Crippen molar-refractivity contribution in [3.8, 4) is 0 Å². The van der Waals surface area contributed by atoms with E-state index in [0.717, 1.165) is 32.4 Å². The highest BCUT2D eigenvalue weighted by Gasteiger charge is 2.32. The number of piperidine rings is 1. The highest BCUT2D eigenvalue weighted by molar-refractivity contribution is 5.83. The van der Waals surface area contributed by atoms with Gasteiger partial charge in [-0.3, -0.25) is 4.79 Å². The van der Waals surface area contributed by atoms with Gasteiger partial charge in [0.1, 0.15) is 5.78 Å². The van der Waals surface area contributed by atoms with Crippen LogP contribution >= 0.6 is 0 Å². The average molecular weight is 238 g/mol. The monoisotopic (exact) mass is 238 g/mol. The summed E-state index contributed by atoms with van der Waals surface area (Å²) in [7, 11) is 4.17. The van der Waals surface area contributed by atoms with Gasteiger partial charge < -0.3 is 10.2 Å². The average Bonchev–Trinajstić information content (AvgIpc) is 2.38. The first kappa shape index (κ1) is 13.0. The predicted octanol–water partition coefficient (Wildman–Crippen LogP) is 1.68. The number of hydrogen-bond acceptors (Lipinski definition) is 3. The molecule has 98 valence electrons. The summed E-state index contributed by atoms with van der Waals surface area (Å²) in [6.07, 6.45) is 6.87. The molecular weight excluding hydrogens is 212 g/mol. The summed E-state index contributed by atoms with van der Waals surface area (Å²) in [4.78, 5) is 14.8. The van der Waals surface area contributed by atoms with Gasteiger partial charge in [-0.15, -0.1) is 0 Å². The Morgan fingerprint density at radius 2 is 1.82 bits per heavy atom. The summed E-state index contributed by atoms with van der Waals surface area (Å²) < 4.78 is 0. The summed E-state index contributed by atoms with van der Waals surface area (Å²) in [5, 5.41) is 3.33. The van der Waals surface area contributed by atoms with Crippen LogP contribution in [0.2, 0.25) is 0 Å². The van der Waals surface area contributed by atoms with E-state index in [4.69, 9.17) is 0 Å². The second-order valence-electron chi connectivity index (χ2n) is 5.84. The SMILES string of the molecule is CNC1CCC(C(=O)C2CCCN(C)C2)CC1. The third-order valence-electron chi connectivity index (χ3n) is 4.56. The molecule has 1 saturated carbocycles. The van der Waals surface area contributed by atoms with Crippen LogP contribution in [0.1, 0.15) is 38.5 Å². The quantitative estimate of drug-likeness (QED) is 0.812. The van der Waals surface area contributed by atoms with Gasteiger partial charge in [0.25, 0.3) is 0 Å². The van der Waals surface area contributed by atoms with Gasteiger partial charge in [0.05, 0.1) is 0 Å². The number of hydrogen-bond donors (Lipinski definition) is 1. The van der Waals surface area contributed by atoms with E-state index in [1.807, 2.05) is 7.05 Å². The van der Waals surface area contributed by atoms with Crippen molar-refractivity contribution < 1.29 is 4.79 Å². The van der Waals surface area contributed by atoms with Crippen LogP contribution in [0.5, 0.6) is 0 Å². The fraction of sp³-hybridized carbons (Fsp3) is 0.929. The van der Waals surface area contributed by atoms with Crippen LogP contribution in [0, 0.1) is 11.8 Å². The molecule has 3 heteroatoms. The molecule has 2 rings (SSSR count). The van der Waals surface area contributed by atoms with E-state index in [9.17, 15) is 4.79 Å². The number of ketones is 1. The molecule has 1 aliphatic heterocycles. The van der Waals surface area contributed by atoms with Crippen molar-refractivity contribution >= 4 is 5.78 Å². The fourth-order valence-corrected chi connectivity index (χ4v) is 3.40. The molecule has 1 atom stereocenters. The van der Waals surface area contributed by atoms with Crippen molar-refractivity contribution in [1.82, 2.24) is 10.2 Å². The highest BCUT2D eigenvalue weighted by Crippen LogP contribution is 2.29. The van der Waals surface area contributed by atoms with E-state index in [2.05, 4.69) is 17.3 Å². The van der Waals surface area contributed by atoms with Gasteiger partial charge in [0.2, 0.25) is 0 Å². The molecule has 17 heavy (non-hydrogen) atoms. The van der Waals surface area contributed by atoms with Crippen molar-refractivity contribution in [2.45, 2.75) is 44.6 Å². The maximum absolute atomic E-state index is 12.4. The van der Waals surface area contributed by atoms with Crippen molar-refractivity contribution in [1.29, 1.82) is 0 Å². The lowest BCUT2D eigenvalue weighted by Gasteiger charge is -2.33. The molecule has 1 saturated heterocycles. The Balaban J connectivity index is 1.83. The number of likely N-dealkylation sites (tertiary alicyclic amines) is 1. The summed E-state index contributed by atoms with van der Waals surface area (Å²) in [5.74, 6) is 1.24. The molecule has 1 N–H and O–H groups in total. The Labute approximate surface area is 105 Å². The number of carbonyl (C=O) groups excluding carboxylic acids is 1. The smallest absolute Gasteiger partial charge is 0.140 e. The van der Waals surface area contributed by atoms with Crippen LogP contribution in [-0.4, -0.2) is 43.9 Å². The van der Waals surface area contributed by atoms with E-state index in [1.165, 1.54) is 19.3 Å². The molecule has 1 heterocycles. The zero-order valence-electron chi connectivity index (χ0n) is 11.2. The van der Waals surface area contributed by atoms with Crippen molar-refractivity contribution in [2.75, 3.05) is 27.2 Å². The van der Waals surface area contributed by atoms with Gasteiger partial charge >= 0.3 is 0 Å². The van der Waals surface area contributed by atoms with Crippen LogP contribution in [0.15, 0.2) is 0 Å². The predicted molar refractivity (Wildman–Crippen MR) is 70.0 cm³/mol. The first-order valence-corrected chi connectivity index (χ1v) is 7.10. The van der Waals surface area contributed by atoms with Gasteiger partial charge in [-0.25, -0.2) is 0 Å². The van der Waals surface area contributed by atoms with Crippen LogP contribution in [0.25, 0.3) is 0 Å². The van der Waals surface area contributed by atoms with Crippen LogP contribution in [-0.2, 0) is 4.79 Å². The molecular formula is C14H26N2O. The van der Waals surface area contributed by atoms with E-state index >= 15 is 0 Å². The van der Waals surface area contributed by atoms with Gasteiger partial charge in [0.15, 0.2) is 0 Å². The van der Waals surface area contributed by atoms with E-state index in [-0.39, 0.29) is 0 Å². The third kappa shape index (κ3) is 3.29. The highest BCUT2D eigenvalue weighted by atomic mass is 16.1. The zero-order chi connectivity index (χ0) is 12.3. The topological polar surface area (TPSA) is 32.3 Å². The Bertz CT molecular complexity index is 259. The minimum atomic E-state index is 0.324. The lowest BCUT2D eigenvalue weighted by atomic mass is 9.78. The molecule has 1 aliphatic carbocycles. The molecule has 0 aromatic rings. The fourth-order valence-electron chi connectivity index (χ4n) is 3.40. The molecule has 3 nitrogen and oxygen atoms in total. The lowest BCUT2D eigenvalue weighted by molar-refractivity contribution is -0.129. The molecule has 0 amide bonds. The molecule has 1 unspecified atom stereocenters. The van der Waals surface area contributed by atoms with E-state index in [1.54, 1.807) is 0 Å². The second kappa shape index (κ2) is 5.96. The third-order valence-corrected chi connectivity index (χ3v) is 4.56. The molecule has 0 radical (unpaired) electrons. The molecule has 0 spiro atoms. The van der Waals surface area contributed by atoms with Gasteiger partial charge in [-0.05, 0) is 59.2 Å². The Hall–Kier alpha value is -0.410. The van der Waals surface area contributed by atoms with Gasteiger partial charge in [-0.2, -0.15) is 0 Å². The number of rotatable bonds is 3. The van der Waals surface area contributed by atoms with Crippen LogP contribution < -0.4 is 5.32 Å². The minimum Gasteiger partial charge on any atom is -0.317 e. The maximum atomic E-state index is 12.4. The van der Waals surface area contributed by atoms with E-state index in [0.29, 0.717) is 23.7 Å². The molecule has 2 aliphatic rings. The maximum Gasteiger partial charge on any atom is 0.140 e. The van der Waals surface area contributed by atoms with Crippen LogP contribution in [0.3, 0.4) is 0 Å². The summed E-state index contributed by atoms with van der Waals surface area (Å²) >= 11 is 0. The van der Waals surface area contributed by atoms with Crippen molar-refractivity contribution in [3.05, 3.63) is 0 Å². The molecule has 0 aromatic heterocycles. The first-order valence-electron chi connectivity index (χ1n) is 7.10. The van der Waals surface area contributed by atoms with Gasteiger partial charge in [-0.1, -0.05) is 0 Å². The van der Waals surface area contributed by atoms with Crippen molar-refractivity contribution in [2.24, 2.45) is 11.8 Å². The summed E-state index contributed by atoms with van der Waals surface area (Å²) in [5.41, 5.74) is 0. The van der Waals surface area contributed by atoms with Crippen molar-refractivity contribution in [3.63, 3.8) is 0 Å². The van der Waals surface area contributed by atoms with Crippen LogP contribution in [0.4, 0.5) is 0 Å². The molecule has 0 aromatic carbocycles. The Kier molecular flexibility index (Phi) is 4.57.